The number of aliphatic imine (C=N–C) groups is 1. The molecule has 1 unspecified atom stereocenters. The molecule has 1 fully saturated rings. The molecule has 2 aromatic carbocycles. The van der Waals surface area contributed by atoms with Crippen LogP contribution in [0.25, 0.3) is 10.2 Å². The maximum Gasteiger partial charge on any atom is 0.242 e. The third-order valence-electron chi connectivity index (χ3n) is 4.53. The van der Waals surface area contributed by atoms with Gasteiger partial charge in [0.15, 0.2) is 5.17 Å². The average Bonchev–Trinajstić information content (AvgIpc) is 3.21. The predicted molar refractivity (Wildman–Crippen MR) is 120 cm³/mol. The summed E-state index contributed by atoms with van der Waals surface area (Å²) in [5, 5.41) is 4.04. The van der Waals surface area contributed by atoms with Gasteiger partial charge in [-0.1, -0.05) is 52.9 Å². The van der Waals surface area contributed by atoms with Crippen LogP contribution in [0.1, 0.15) is 12.0 Å². The maximum atomic E-state index is 12.6. The fraction of sp³-hybridized carbons (Fsp3) is 0.200. The number of amides is 2. The number of fused-ring (bicyclic) bond motifs is 1. The lowest BCUT2D eigenvalue weighted by molar-refractivity contribution is -0.127. The van der Waals surface area contributed by atoms with Crippen LogP contribution in [0.4, 0.5) is 10.8 Å². The number of hydrogen-bond acceptors (Lipinski definition) is 6. The summed E-state index contributed by atoms with van der Waals surface area (Å²) in [4.78, 5) is 35.6. The smallest absolute Gasteiger partial charge is 0.242 e. The number of carbonyl (C=O) groups is 2. The fourth-order valence-corrected chi connectivity index (χ4v) is 5.10. The van der Waals surface area contributed by atoms with Gasteiger partial charge < -0.3 is 5.32 Å². The molecule has 0 aliphatic carbocycles. The number of anilines is 1. The van der Waals surface area contributed by atoms with Gasteiger partial charge in [0.1, 0.15) is 5.25 Å². The number of carbonyl (C=O) groups excluding carboxylic acids is 2. The number of benzene rings is 2. The molecular weight excluding hydrogens is 428 g/mol. The van der Waals surface area contributed by atoms with Gasteiger partial charge in [-0.25, -0.2) is 4.98 Å². The van der Waals surface area contributed by atoms with E-state index in [0.717, 1.165) is 15.8 Å². The first kappa shape index (κ1) is 19.9. The van der Waals surface area contributed by atoms with Crippen molar-refractivity contribution in [1.29, 1.82) is 0 Å². The Labute approximate surface area is 181 Å². The Balaban J connectivity index is 1.47. The topological polar surface area (TPSA) is 74.7 Å². The molecule has 0 saturated carbocycles. The number of amidine groups is 1. The van der Waals surface area contributed by atoms with Crippen molar-refractivity contribution < 1.29 is 9.59 Å². The second-order valence-electron chi connectivity index (χ2n) is 6.53. The lowest BCUT2D eigenvalue weighted by atomic mass is 10.2. The zero-order chi connectivity index (χ0) is 20.5. The van der Waals surface area contributed by atoms with Crippen molar-refractivity contribution in [2.24, 2.45) is 4.99 Å². The summed E-state index contributed by atoms with van der Waals surface area (Å²) in [6.07, 6.45) is 0.0542. The van der Waals surface area contributed by atoms with Gasteiger partial charge in [-0.2, -0.15) is 4.99 Å². The number of rotatable bonds is 4. The van der Waals surface area contributed by atoms with E-state index in [1.54, 1.807) is 25.2 Å². The maximum absolute atomic E-state index is 12.6. The Morgan fingerprint density at radius 1 is 1.28 bits per heavy atom. The molecular formula is C20H17ClN4O2S2. The molecule has 3 aromatic rings. The molecule has 1 aromatic heterocycles. The van der Waals surface area contributed by atoms with E-state index in [9.17, 15) is 9.59 Å². The van der Waals surface area contributed by atoms with E-state index in [1.165, 1.54) is 28.0 Å². The molecule has 0 bridgehead atoms. The monoisotopic (exact) mass is 444 g/mol. The molecule has 148 valence electrons. The Morgan fingerprint density at radius 3 is 2.86 bits per heavy atom. The number of halogens is 1. The summed E-state index contributed by atoms with van der Waals surface area (Å²) in [6.45, 7) is 1.84. The summed E-state index contributed by atoms with van der Waals surface area (Å²) in [5.74, 6) is -0.385. The molecule has 1 atom stereocenters. The minimum Gasteiger partial charge on any atom is -0.326 e. The quantitative estimate of drug-likeness (QED) is 0.624. The van der Waals surface area contributed by atoms with E-state index in [0.29, 0.717) is 21.0 Å². The Kier molecular flexibility index (Phi) is 5.58. The lowest BCUT2D eigenvalue weighted by Crippen LogP contribution is -2.30. The van der Waals surface area contributed by atoms with Crippen molar-refractivity contribution in [2.45, 2.75) is 18.6 Å². The van der Waals surface area contributed by atoms with Crippen LogP contribution in [-0.4, -0.2) is 39.2 Å². The highest BCUT2D eigenvalue weighted by Crippen LogP contribution is 2.34. The van der Waals surface area contributed by atoms with Gasteiger partial charge in [-0.05, 0) is 36.8 Å². The van der Waals surface area contributed by atoms with Crippen molar-refractivity contribution in [2.75, 3.05) is 12.4 Å². The zero-order valence-electron chi connectivity index (χ0n) is 15.7. The molecule has 9 heteroatoms. The third kappa shape index (κ3) is 4.14. The molecule has 0 spiro atoms. The van der Waals surface area contributed by atoms with Gasteiger partial charge in [0.05, 0.1) is 10.2 Å². The predicted octanol–water partition coefficient (Wildman–Crippen LogP) is 4.85. The highest BCUT2D eigenvalue weighted by molar-refractivity contribution is 8.15. The van der Waals surface area contributed by atoms with Crippen LogP contribution < -0.4 is 5.32 Å². The van der Waals surface area contributed by atoms with Crippen molar-refractivity contribution in [1.82, 2.24) is 9.88 Å². The summed E-state index contributed by atoms with van der Waals surface area (Å²) in [6, 6.07) is 13.1. The fourth-order valence-electron chi connectivity index (χ4n) is 2.90. The van der Waals surface area contributed by atoms with Gasteiger partial charge in [-0.3, -0.25) is 14.5 Å². The number of thioether (sulfide) groups is 1. The largest absolute Gasteiger partial charge is 0.326 e. The molecule has 1 aliphatic rings. The first-order valence-corrected chi connectivity index (χ1v) is 10.9. The number of para-hydroxylation sites is 1. The molecule has 29 heavy (non-hydrogen) atoms. The van der Waals surface area contributed by atoms with Crippen LogP contribution in [0, 0.1) is 6.92 Å². The average molecular weight is 445 g/mol. The molecule has 6 nitrogen and oxygen atoms in total. The van der Waals surface area contributed by atoms with Gasteiger partial charge in [0, 0.05) is 24.2 Å². The summed E-state index contributed by atoms with van der Waals surface area (Å²) >= 11 is 8.85. The lowest BCUT2D eigenvalue weighted by Gasteiger charge is -2.11. The second-order valence-corrected chi connectivity index (χ2v) is 9.11. The molecule has 1 N–H and O–H groups in total. The number of hydrogen-bond donors (Lipinski definition) is 1. The van der Waals surface area contributed by atoms with E-state index in [-0.39, 0.29) is 18.2 Å². The highest BCUT2D eigenvalue weighted by Gasteiger charge is 2.37. The first-order chi connectivity index (χ1) is 13.9. The molecule has 1 saturated heterocycles. The SMILES string of the molecule is Cc1c(Cl)cccc1NC(=O)CC1S/C(=N\c2nc3ccccc3s2)N(C)C1=O. The van der Waals surface area contributed by atoms with Gasteiger partial charge in [0.25, 0.3) is 0 Å². The summed E-state index contributed by atoms with van der Waals surface area (Å²) in [5.41, 5.74) is 2.32. The van der Waals surface area contributed by atoms with Crippen LogP contribution in [0.5, 0.6) is 0 Å². The standard InChI is InChI=1S/C20H17ClN4O2S2/c1-11-12(21)6-5-8-13(11)22-17(26)10-16-18(27)25(2)20(29-16)24-19-23-14-7-3-4-9-15(14)28-19/h3-9,16H,10H2,1-2H3,(H,22,26)/b24-20-. The number of aromatic nitrogens is 1. The number of nitrogens with zero attached hydrogens (tertiary/aromatic N) is 3. The minimum atomic E-state index is -0.521. The van der Waals surface area contributed by atoms with Crippen LogP contribution in [-0.2, 0) is 9.59 Å². The summed E-state index contributed by atoms with van der Waals surface area (Å²) in [7, 11) is 1.67. The van der Waals surface area contributed by atoms with Gasteiger partial charge >= 0.3 is 0 Å². The molecule has 2 amide bonds. The Morgan fingerprint density at radius 2 is 2.07 bits per heavy atom. The number of nitrogens with one attached hydrogen (secondary N) is 1. The zero-order valence-corrected chi connectivity index (χ0v) is 18.1. The summed E-state index contributed by atoms with van der Waals surface area (Å²) < 4.78 is 1.04. The molecule has 2 heterocycles. The third-order valence-corrected chi connectivity index (χ3v) is 7.10. The highest BCUT2D eigenvalue weighted by atomic mass is 35.5. The normalized spacial score (nSPS) is 18.0. The Bertz CT molecular complexity index is 1110. The van der Waals surface area contributed by atoms with Crippen molar-refractivity contribution >= 4 is 72.7 Å². The van der Waals surface area contributed by atoms with E-state index >= 15 is 0 Å². The van der Waals surface area contributed by atoms with E-state index < -0.39 is 5.25 Å². The van der Waals surface area contributed by atoms with E-state index in [4.69, 9.17) is 11.6 Å². The first-order valence-electron chi connectivity index (χ1n) is 8.86. The van der Waals surface area contributed by atoms with E-state index in [2.05, 4.69) is 15.3 Å². The van der Waals surface area contributed by atoms with Crippen molar-refractivity contribution in [3.8, 4) is 0 Å². The van der Waals surface area contributed by atoms with E-state index in [1.807, 2.05) is 31.2 Å². The van der Waals surface area contributed by atoms with Gasteiger partial charge in [-0.15, -0.1) is 0 Å². The van der Waals surface area contributed by atoms with Crippen LogP contribution in [0.2, 0.25) is 5.02 Å². The molecule has 4 rings (SSSR count). The van der Waals surface area contributed by atoms with Crippen molar-refractivity contribution in [3.63, 3.8) is 0 Å². The van der Waals surface area contributed by atoms with Crippen molar-refractivity contribution in [3.05, 3.63) is 53.1 Å². The van der Waals surface area contributed by atoms with Crippen LogP contribution in [0.15, 0.2) is 47.5 Å². The van der Waals surface area contributed by atoms with Crippen LogP contribution in [0.3, 0.4) is 0 Å². The Hall–Kier alpha value is -2.42. The minimum absolute atomic E-state index is 0.0542. The van der Waals surface area contributed by atoms with Gasteiger partial charge in [0.2, 0.25) is 16.9 Å². The molecule has 0 radical (unpaired) electrons. The number of thiazole rings is 1. The second kappa shape index (κ2) is 8.14. The molecule has 1 aliphatic heterocycles. The van der Waals surface area contributed by atoms with Crippen LogP contribution >= 0.6 is 34.7 Å².